The number of carbonyl (C=O) groups is 1. The van der Waals surface area contributed by atoms with Gasteiger partial charge in [-0.25, -0.2) is 4.79 Å². The van der Waals surface area contributed by atoms with Gasteiger partial charge in [-0.05, 0) is 98.2 Å². The third-order valence-corrected chi connectivity index (χ3v) is 9.39. The maximum absolute atomic E-state index is 12.4. The number of halogens is 1. The number of aliphatic hydroxyl groups excluding tert-OH is 1. The first-order valence-electron chi connectivity index (χ1n) is 13.6. The van der Waals surface area contributed by atoms with Gasteiger partial charge in [-0.15, -0.1) is 0 Å². The highest BCUT2D eigenvalue weighted by Crippen LogP contribution is 2.47. The quantitative estimate of drug-likeness (QED) is 0.556. The van der Waals surface area contributed by atoms with E-state index in [9.17, 15) is 9.90 Å². The summed E-state index contributed by atoms with van der Waals surface area (Å²) in [5.41, 5.74) is 3.98. The molecule has 2 aromatic rings. The van der Waals surface area contributed by atoms with Gasteiger partial charge in [0.25, 0.3) is 0 Å². The lowest BCUT2D eigenvalue weighted by Gasteiger charge is -2.47. The molecule has 2 aromatic carbocycles. The van der Waals surface area contributed by atoms with Crippen LogP contribution in [-0.2, 0) is 21.3 Å². The average molecular weight is 526 g/mol. The third kappa shape index (κ3) is 4.73. The molecular formula is C30H36ClNO5. The van der Waals surface area contributed by atoms with Gasteiger partial charge in [0.15, 0.2) is 0 Å². The van der Waals surface area contributed by atoms with E-state index >= 15 is 0 Å². The highest BCUT2D eigenvalue weighted by molar-refractivity contribution is 6.30. The van der Waals surface area contributed by atoms with Crippen molar-refractivity contribution in [2.24, 2.45) is 11.8 Å². The lowest BCUT2D eigenvalue weighted by Crippen LogP contribution is -2.50. The SMILES string of the molecule is COC(=O)c1ccc2c(c1)N(C[C@@H]1CC[C@H]1[C@@H]1CC(O)CCO1)C[C@@]1(CCCc3cc(Cl)ccc31)CO2. The van der Waals surface area contributed by atoms with Gasteiger partial charge in [0.1, 0.15) is 5.75 Å². The van der Waals surface area contributed by atoms with Crippen molar-refractivity contribution in [1.29, 1.82) is 0 Å². The van der Waals surface area contributed by atoms with Crippen LogP contribution in [0.25, 0.3) is 0 Å². The van der Waals surface area contributed by atoms with Crippen molar-refractivity contribution in [3.63, 3.8) is 0 Å². The van der Waals surface area contributed by atoms with Crippen molar-refractivity contribution in [3.05, 3.63) is 58.1 Å². The van der Waals surface area contributed by atoms with Gasteiger partial charge >= 0.3 is 5.97 Å². The highest BCUT2D eigenvalue weighted by Gasteiger charge is 2.45. The molecule has 0 radical (unpaired) electrons. The van der Waals surface area contributed by atoms with Gasteiger partial charge in [-0.3, -0.25) is 0 Å². The van der Waals surface area contributed by atoms with Gasteiger partial charge in [-0.2, -0.15) is 0 Å². The summed E-state index contributed by atoms with van der Waals surface area (Å²) in [6.45, 7) is 2.91. The lowest BCUT2D eigenvalue weighted by atomic mass is 9.67. The predicted octanol–water partition coefficient (Wildman–Crippen LogP) is 5.17. The normalized spacial score (nSPS) is 30.9. The molecule has 1 saturated heterocycles. The van der Waals surface area contributed by atoms with Crippen molar-refractivity contribution in [1.82, 2.24) is 0 Å². The molecule has 198 valence electrons. The van der Waals surface area contributed by atoms with E-state index in [2.05, 4.69) is 17.0 Å². The molecule has 6 rings (SSSR count). The Hall–Kier alpha value is -2.28. The summed E-state index contributed by atoms with van der Waals surface area (Å²) in [5.74, 6) is 1.38. The number of rotatable bonds is 4. The molecule has 0 amide bonds. The van der Waals surface area contributed by atoms with Crippen LogP contribution in [0.5, 0.6) is 5.75 Å². The van der Waals surface area contributed by atoms with Gasteiger partial charge in [0.05, 0.1) is 37.2 Å². The van der Waals surface area contributed by atoms with Gasteiger partial charge in [0, 0.05) is 30.1 Å². The Morgan fingerprint density at radius 3 is 2.89 bits per heavy atom. The number of hydrogen-bond donors (Lipinski definition) is 1. The summed E-state index contributed by atoms with van der Waals surface area (Å²) in [5, 5.41) is 11.0. The van der Waals surface area contributed by atoms with Crippen molar-refractivity contribution in [2.75, 3.05) is 38.3 Å². The largest absolute Gasteiger partial charge is 0.490 e. The first-order valence-corrected chi connectivity index (χ1v) is 14.0. The monoisotopic (exact) mass is 525 g/mol. The molecule has 2 aliphatic heterocycles. The summed E-state index contributed by atoms with van der Waals surface area (Å²) < 4.78 is 17.7. The van der Waals surface area contributed by atoms with E-state index in [-0.39, 0.29) is 23.6 Å². The maximum Gasteiger partial charge on any atom is 0.337 e. The van der Waals surface area contributed by atoms with Crippen LogP contribution in [-0.4, -0.2) is 56.7 Å². The first-order chi connectivity index (χ1) is 18.0. The molecule has 37 heavy (non-hydrogen) atoms. The number of aliphatic hydroxyl groups is 1. The van der Waals surface area contributed by atoms with Crippen LogP contribution in [0.15, 0.2) is 36.4 Å². The van der Waals surface area contributed by atoms with Gasteiger partial charge in [0.2, 0.25) is 0 Å². The number of hydrogen-bond acceptors (Lipinski definition) is 6. The zero-order valence-corrected chi connectivity index (χ0v) is 22.2. The maximum atomic E-state index is 12.4. The summed E-state index contributed by atoms with van der Waals surface area (Å²) in [4.78, 5) is 14.9. The Kier molecular flexibility index (Phi) is 6.85. The number of carbonyl (C=O) groups excluding carboxylic acids is 1. The Balaban J connectivity index is 1.35. The second-order valence-electron chi connectivity index (χ2n) is 11.4. The molecule has 1 saturated carbocycles. The molecule has 5 atom stereocenters. The number of benzene rings is 2. The number of nitrogens with zero attached hydrogens (tertiary/aromatic N) is 1. The van der Waals surface area contributed by atoms with Crippen LogP contribution in [0, 0.1) is 11.8 Å². The van der Waals surface area contributed by atoms with E-state index < -0.39 is 0 Å². The van der Waals surface area contributed by atoms with Crippen LogP contribution < -0.4 is 9.64 Å². The molecule has 0 bridgehead atoms. The fourth-order valence-electron chi connectivity index (χ4n) is 7.06. The second-order valence-corrected chi connectivity index (χ2v) is 11.8. The van der Waals surface area contributed by atoms with Crippen molar-refractivity contribution in [2.45, 2.75) is 62.6 Å². The number of methoxy groups -OCH3 is 1. The van der Waals surface area contributed by atoms with Crippen LogP contribution >= 0.6 is 11.6 Å². The number of ether oxygens (including phenoxy) is 3. The van der Waals surface area contributed by atoms with Gasteiger partial charge in [-0.1, -0.05) is 17.7 Å². The number of fused-ring (bicyclic) bond motifs is 3. The van der Waals surface area contributed by atoms with E-state index in [1.807, 2.05) is 18.2 Å². The molecule has 1 N–H and O–H groups in total. The molecule has 1 unspecified atom stereocenters. The Morgan fingerprint density at radius 2 is 2.11 bits per heavy atom. The van der Waals surface area contributed by atoms with E-state index in [4.69, 9.17) is 25.8 Å². The zero-order valence-electron chi connectivity index (χ0n) is 21.5. The fraction of sp³-hybridized carbons (Fsp3) is 0.567. The predicted molar refractivity (Wildman–Crippen MR) is 143 cm³/mol. The minimum atomic E-state index is -0.342. The standard InChI is InChI=1S/C30H36ClNO5/c1-35-29(34)20-5-9-27-26(14-20)32(16-21-4-7-24(21)28-15-23(33)10-12-36-28)17-30(18-37-27)11-2-3-19-13-22(31)6-8-25(19)30/h5-6,8-9,13-14,21,23-24,28,33H,2-4,7,10-12,15-18H2,1H3/t21-,23?,24+,28-,30-/m0/s1. The van der Waals surface area contributed by atoms with Crippen LogP contribution in [0.1, 0.15) is 60.0 Å². The Labute approximate surface area is 223 Å². The van der Waals surface area contributed by atoms with E-state index in [0.717, 1.165) is 74.5 Å². The molecular weight excluding hydrogens is 490 g/mol. The topological polar surface area (TPSA) is 68.2 Å². The highest BCUT2D eigenvalue weighted by atomic mass is 35.5. The second kappa shape index (κ2) is 10.1. The third-order valence-electron chi connectivity index (χ3n) is 9.15. The smallest absolute Gasteiger partial charge is 0.337 e. The van der Waals surface area contributed by atoms with E-state index in [1.165, 1.54) is 18.2 Å². The minimum absolute atomic E-state index is 0.123. The van der Waals surface area contributed by atoms with Crippen LogP contribution in [0.2, 0.25) is 5.02 Å². The fourth-order valence-corrected chi connectivity index (χ4v) is 7.26. The summed E-state index contributed by atoms with van der Waals surface area (Å²) in [6, 6.07) is 11.9. The average Bonchev–Trinajstić information content (AvgIpc) is 3.03. The number of esters is 1. The Bertz CT molecular complexity index is 1170. The molecule has 7 heteroatoms. The molecule has 2 heterocycles. The molecule has 0 aromatic heterocycles. The summed E-state index contributed by atoms with van der Waals surface area (Å²) >= 11 is 6.38. The Morgan fingerprint density at radius 1 is 1.22 bits per heavy atom. The van der Waals surface area contributed by atoms with E-state index in [0.29, 0.717) is 30.6 Å². The zero-order chi connectivity index (χ0) is 25.6. The number of anilines is 1. The minimum Gasteiger partial charge on any atom is -0.490 e. The van der Waals surface area contributed by atoms with Gasteiger partial charge < -0.3 is 24.2 Å². The molecule has 2 fully saturated rings. The summed E-state index contributed by atoms with van der Waals surface area (Å²) in [6.07, 6.45) is 6.76. The van der Waals surface area contributed by atoms with Crippen molar-refractivity contribution >= 4 is 23.3 Å². The molecule has 4 aliphatic rings. The van der Waals surface area contributed by atoms with Crippen molar-refractivity contribution in [3.8, 4) is 5.75 Å². The van der Waals surface area contributed by atoms with Crippen molar-refractivity contribution < 1.29 is 24.1 Å². The van der Waals surface area contributed by atoms with Crippen LogP contribution in [0.3, 0.4) is 0 Å². The lowest BCUT2D eigenvalue weighted by molar-refractivity contribution is -0.101. The summed E-state index contributed by atoms with van der Waals surface area (Å²) in [7, 11) is 1.42. The first kappa shape index (κ1) is 25.0. The molecule has 2 aliphatic carbocycles. The molecule has 6 nitrogen and oxygen atoms in total. The molecule has 1 spiro atoms. The van der Waals surface area contributed by atoms with E-state index in [1.54, 1.807) is 6.07 Å². The number of aryl methyl sites for hydroxylation is 1. The van der Waals surface area contributed by atoms with Crippen LogP contribution in [0.4, 0.5) is 5.69 Å².